The van der Waals surface area contributed by atoms with Crippen LogP contribution in [0.5, 0.6) is 0 Å². The van der Waals surface area contributed by atoms with E-state index in [1.807, 2.05) is 0 Å². The molecular formula is C28H42O2Si. The second-order valence-electron chi connectivity index (χ2n) is 12.5. The molecule has 7 atom stereocenters. The van der Waals surface area contributed by atoms with E-state index in [4.69, 9.17) is 4.43 Å². The first-order valence-corrected chi connectivity index (χ1v) is 16.1. The zero-order valence-electron chi connectivity index (χ0n) is 20.2. The Morgan fingerprint density at radius 2 is 1.74 bits per heavy atom. The predicted molar refractivity (Wildman–Crippen MR) is 129 cm³/mol. The summed E-state index contributed by atoms with van der Waals surface area (Å²) in [5.41, 5.74) is 1.91. The van der Waals surface area contributed by atoms with Crippen molar-refractivity contribution in [2.45, 2.75) is 96.9 Å². The van der Waals surface area contributed by atoms with Crippen LogP contribution in [0.25, 0.3) is 0 Å². The number of Topliss-reactive ketones (excluding diaryl/α,β-unsaturated/α-hetero) is 1. The first-order valence-electron chi connectivity index (χ1n) is 13.0. The maximum Gasteiger partial charge on any atom is 0.191 e. The van der Waals surface area contributed by atoms with E-state index < -0.39 is 8.32 Å². The van der Waals surface area contributed by atoms with E-state index in [-0.39, 0.29) is 5.41 Å². The number of hydrogen-bond acceptors (Lipinski definition) is 2. The number of rotatable bonds is 4. The second kappa shape index (κ2) is 7.83. The Kier molecular flexibility index (Phi) is 5.53. The molecule has 0 heterocycles. The largest absolute Gasteiger partial charge is 0.414 e. The molecule has 4 saturated carbocycles. The molecule has 0 amide bonds. The molecule has 31 heavy (non-hydrogen) atoms. The molecule has 0 aromatic heterocycles. The minimum absolute atomic E-state index is 0.0116. The molecular weight excluding hydrogens is 396 g/mol. The summed E-state index contributed by atoms with van der Waals surface area (Å²) in [6, 6.07) is 12.0. The first-order chi connectivity index (χ1) is 14.7. The highest BCUT2D eigenvalue weighted by Gasteiger charge is 2.60. The van der Waals surface area contributed by atoms with E-state index >= 15 is 0 Å². The van der Waals surface area contributed by atoms with Crippen LogP contribution in [-0.2, 0) is 15.3 Å². The van der Waals surface area contributed by atoms with E-state index in [1.165, 1.54) is 50.5 Å². The van der Waals surface area contributed by atoms with E-state index in [2.05, 4.69) is 57.3 Å². The van der Waals surface area contributed by atoms with Crippen molar-refractivity contribution < 1.29 is 9.22 Å². The Labute approximate surface area is 190 Å². The summed E-state index contributed by atoms with van der Waals surface area (Å²) in [7, 11) is -1.72. The van der Waals surface area contributed by atoms with Crippen LogP contribution >= 0.6 is 0 Å². The van der Waals surface area contributed by atoms with Gasteiger partial charge in [0, 0.05) is 17.9 Å². The lowest BCUT2D eigenvalue weighted by Crippen LogP contribution is -2.54. The topological polar surface area (TPSA) is 26.3 Å². The Balaban J connectivity index is 1.26. The van der Waals surface area contributed by atoms with E-state index in [9.17, 15) is 4.79 Å². The number of hydrogen-bond donors (Lipinski definition) is 0. The summed E-state index contributed by atoms with van der Waals surface area (Å²) in [4.78, 5) is 12.7. The molecule has 4 aliphatic rings. The third-order valence-corrected chi connectivity index (χ3v) is 12.5. The smallest absolute Gasteiger partial charge is 0.191 e. The van der Waals surface area contributed by atoms with Gasteiger partial charge >= 0.3 is 0 Å². The summed E-state index contributed by atoms with van der Waals surface area (Å²) in [6.45, 7) is 9.74. The fourth-order valence-corrected chi connectivity index (χ4v) is 11.1. The normalized spacial score (nSPS) is 42.6. The SMILES string of the molecule is C[C@]12CC[C@@H](O[Si](C)(C)Cc3ccccc3)C[C@@H]1CC[C@@H]1[C@@H]2CC[C@]2(C)C(=O)CC[C@@H]12. The fraction of sp³-hybridized carbons (Fsp3) is 0.750. The number of carbonyl (C=O) groups is 1. The van der Waals surface area contributed by atoms with Crippen LogP contribution < -0.4 is 0 Å². The highest BCUT2D eigenvalue weighted by molar-refractivity contribution is 6.70. The molecule has 3 heteroatoms. The van der Waals surface area contributed by atoms with Crippen molar-refractivity contribution in [1.82, 2.24) is 0 Å². The van der Waals surface area contributed by atoms with Crippen LogP contribution in [-0.4, -0.2) is 20.2 Å². The molecule has 170 valence electrons. The molecule has 0 saturated heterocycles. The van der Waals surface area contributed by atoms with Gasteiger partial charge in [0.1, 0.15) is 5.78 Å². The van der Waals surface area contributed by atoms with Gasteiger partial charge in [-0.25, -0.2) is 0 Å². The standard InChI is InChI=1S/C28H42O2Si/c1-27-16-14-22(30-31(3,4)19-20-8-6-5-7-9-20)18-21(27)10-11-23-24-12-13-26(29)28(24,2)17-15-25(23)27/h5-9,21-25H,10-19H2,1-4H3/t21-,22+,23-,24-,25-,27-,28-/m0/s1. The first kappa shape index (κ1) is 21.9. The van der Waals surface area contributed by atoms with Crippen LogP contribution in [0.15, 0.2) is 30.3 Å². The van der Waals surface area contributed by atoms with Gasteiger partial charge in [0.2, 0.25) is 0 Å². The Hall–Kier alpha value is -0.933. The highest BCUT2D eigenvalue weighted by Crippen LogP contribution is 2.65. The van der Waals surface area contributed by atoms with Crippen LogP contribution in [0.2, 0.25) is 13.1 Å². The van der Waals surface area contributed by atoms with Crippen LogP contribution in [0.1, 0.15) is 77.2 Å². The fourth-order valence-electron chi connectivity index (χ4n) is 8.68. The quantitative estimate of drug-likeness (QED) is 0.474. The van der Waals surface area contributed by atoms with Crippen molar-refractivity contribution in [2.24, 2.45) is 34.5 Å². The molecule has 0 radical (unpaired) electrons. The molecule has 0 N–H and O–H groups in total. The van der Waals surface area contributed by atoms with E-state index in [0.717, 1.165) is 36.6 Å². The second-order valence-corrected chi connectivity index (χ2v) is 16.6. The predicted octanol–water partition coefficient (Wildman–Crippen LogP) is 6.97. The van der Waals surface area contributed by atoms with Crippen LogP contribution in [0.4, 0.5) is 0 Å². The molecule has 0 bridgehead atoms. The molecule has 0 spiro atoms. The lowest BCUT2D eigenvalue weighted by molar-refractivity contribution is -0.141. The summed E-state index contributed by atoms with van der Waals surface area (Å²) in [5.74, 6) is 3.70. The third kappa shape index (κ3) is 3.78. The van der Waals surface area contributed by atoms with Gasteiger partial charge in [0.15, 0.2) is 8.32 Å². The van der Waals surface area contributed by atoms with Gasteiger partial charge < -0.3 is 4.43 Å². The number of carbonyl (C=O) groups excluding carboxylic acids is 1. The molecule has 1 aromatic carbocycles. The third-order valence-electron chi connectivity index (χ3n) is 10.3. The van der Waals surface area contributed by atoms with Gasteiger partial charge in [-0.2, -0.15) is 0 Å². The molecule has 5 rings (SSSR count). The Bertz CT molecular complexity index is 820. The lowest BCUT2D eigenvalue weighted by Gasteiger charge is -2.60. The number of benzene rings is 1. The van der Waals surface area contributed by atoms with Crippen LogP contribution in [0, 0.1) is 34.5 Å². The molecule has 4 fully saturated rings. The van der Waals surface area contributed by atoms with Gasteiger partial charge in [-0.3, -0.25) is 4.79 Å². The molecule has 0 aliphatic heterocycles. The van der Waals surface area contributed by atoms with Crippen molar-refractivity contribution in [2.75, 3.05) is 0 Å². The molecule has 0 unspecified atom stereocenters. The zero-order chi connectivity index (χ0) is 21.9. The van der Waals surface area contributed by atoms with Crippen molar-refractivity contribution in [1.29, 1.82) is 0 Å². The maximum atomic E-state index is 12.7. The number of ketones is 1. The van der Waals surface area contributed by atoms with Crippen molar-refractivity contribution in [3.63, 3.8) is 0 Å². The Morgan fingerprint density at radius 1 is 0.968 bits per heavy atom. The summed E-state index contributed by atoms with van der Waals surface area (Å²) >= 11 is 0. The minimum atomic E-state index is -1.72. The van der Waals surface area contributed by atoms with Gasteiger partial charge in [0.05, 0.1) is 0 Å². The van der Waals surface area contributed by atoms with Crippen LogP contribution in [0.3, 0.4) is 0 Å². The highest BCUT2D eigenvalue weighted by atomic mass is 28.4. The Morgan fingerprint density at radius 3 is 2.52 bits per heavy atom. The van der Waals surface area contributed by atoms with E-state index in [1.54, 1.807) is 0 Å². The maximum absolute atomic E-state index is 12.7. The van der Waals surface area contributed by atoms with Crippen molar-refractivity contribution in [3.05, 3.63) is 35.9 Å². The van der Waals surface area contributed by atoms with Gasteiger partial charge in [-0.15, -0.1) is 0 Å². The summed E-state index contributed by atoms with van der Waals surface area (Å²) in [6.07, 6.45) is 11.5. The van der Waals surface area contributed by atoms with Crippen molar-refractivity contribution in [3.8, 4) is 0 Å². The summed E-state index contributed by atoms with van der Waals surface area (Å²) in [5, 5.41) is 0. The zero-order valence-corrected chi connectivity index (χ0v) is 21.2. The molecule has 2 nitrogen and oxygen atoms in total. The average molecular weight is 439 g/mol. The minimum Gasteiger partial charge on any atom is -0.414 e. The molecule has 1 aromatic rings. The van der Waals surface area contributed by atoms with Gasteiger partial charge in [-0.05, 0) is 105 Å². The average Bonchev–Trinajstić information content (AvgIpc) is 3.03. The van der Waals surface area contributed by atoms with Gasteiger partial charge in [-0.1, -0.05) is 44.2 Å². The molecule has 4 aliphatic carbocycles. The summed E-state index contributed by atoms with van der Waals surface area (Å²) < 4.78 is 6.91. The monoisotopic (exact) mass is 438 g/mol. The van der Waals surface area contributed by atoms with E-state index in [0.29, 0.717) is 23.2 Å². The number of fused-ring (bicyclic) bond motifs is 5. The van der Waals surface area contributed by atoms with Gasteiger partial charge in [0.25, 0.3) is 0 Å². The van der Waals surface area contributed by atoms with Crippen molar-refractivity contribution >= 4 is 14.1 Å². The lowest BCUT2D eigenvalue weighted by atomic mass is 9.45.